The third-order valence-corrected chi connectivity index (χ3v) is 11.1. The summed E-state index contributed by atoms with van der Waals surface area (Å²) in [5.41, 5.74) is 12.2. The molecule has 3 aliphatic heterocycles. The van der Waals surface area contributed by atoms with Crippen LogP contribution in [0.1, 0.15) is 25.3 Å². The second-order valence-corrected chi connectivity index (χ2v) is 15.1. The molecule has 0 bridgehead atoms. The zero-order valence-corrected chi connectivity index (χ0v) is 24.3. The summed E-state index contributed by atoms with van der Waals surface area (Å²) in [6.07, 6.45) is -2.10. The molecule has 5 N–H and O–H groups in total. The standard InChI is InChI=1S/C20H24N10O10P2S/c21-16-14-17(24-5-23-16)29(6-25-14)12-2-9-11(38-12)4-43-42(34,35)40-8-1-13(37-10(8)3-36-41(32,33)39-9)30-7-26-15-18(30)27-20(22)28-19(15)31/h5-13H,1-4H2,(H,32,33)(H,34,35)(H2,21,23,24)(H3,22,27,28,31)/p-2/t8-,9-,10+,11+,12+,13+/m0/s1. The van der Waals surface area contributed by atoms with Crippen LogP contribution in [0.5, 0.6) is 5.88 Å². The zero-order valence-electron chi connectivity index (χ0n) is 21.7. The Bertz CT molecular complexity index is 1810. The molecule has 0 saturated carbocycles. The molecule has 4 aromatic heterocycles. The SMILES string of the molecule is Nc1nc([O-])c2ncn([C@H]3C[C@@H]4OP(=O)(O)SC[C@H]5O[C@@H](n6cnc7c(N)ncnc76)C[C@@H]5OP(=O)([O-])OC[C@H]4O3)c2n1. The summed E-state index contributed by atoms with van der Waals surface area (Å²) in [7, 11) is -4.96. The first-order chi connectivity index (χ1) is 20.5. The minimum Gasteiger partial charge on any atom is -0.857 e. The lowest BCUT2D eigenvalue weighted by Crippen LogP contribution is -2.32. The maximum Gasteiger partial charge on any atom is 0.387 e. The first-order valence-electron chi connectivity index (χ1n) is 12.7. The average molecular weight is 656 g/mol. The molecule has 0 aromatic carbocycles. The molecule has 3 fully saturated rings. The molecule has 7 heterocycles. The van der Waals surface area contributed by atoms with Crippen molar-refractivity contribution in [3.63, 3.8) is 0 Å². The topological polar surface area (TPSA) is 286 Å². The highest BCUT2D eigenvalue weighted by Crippen LogP contribution is 2.60. The van der Waals surface area contributed by atoms with Gasteiger partial charge in [0.15, 0.2) is 17.1 Å². The van der Waals surface area contributed by atoms with E-state index in [4.69, 9.17) is 34.5 Å². The monoisotopic (exact) mass is 656 g/mol. The number of fused-ring (bicyclic) bond motifs is 4. The Morgan fingerprint density at radius 1 is 0.907 bits per heavy atom. The normalized spacial score (nSPS) is 35.4. The number of nitrogen functional groups attached to an aromatic ring is 2. The van der Waals surface area contributed by atoms with Crippen molar-refractivity contribution in [3.8, 4) is 5.88 Å². The number of imidazole rings is 2. The summed E-state index contributed by atoms with van der Waals surface area (Å²) < 4.78 is 57.2. The summed E-state index contributed by atoms with van der Waals surface area (Å²) in [6.45, 7) is -4.96. The van der Waals surface area contributed by atoms with Gasteiger partial charge in [-0.05, 0) is 11.4 Å². The predicted molar refractivity (Wildman–Crippen MR) is 142 cm³/mol. The smallest absolute Gasteiger partial charge is 0.387 e. The van der Waals surface area contributed by atoms with Crippen LogP contribution in [0.4, 0.5) is 11.8 Å². The number of nitrogens with two attached hydrogens (primary N) is 2. The lowest BCUT2D eigenvalue weighted by atomic mass is 10.2. The predicted octanol–water partition coefficient (Wildman–Crippen LogP) is -0.418. The molecule has 20 nitrogen and oxygen atoms in total. The van der Waals surface area contributed by atoms with Gasteiger partial charge < -0.3 is 44.9 Å². The molecule has 4 aromatic rings. The molecular formula is C20H22N10O10P2S-2. The molecule has 0 amide bonds. The van der Waals surface area contributed by atoms with Gasteiger partial charge in [-0.25, -0.2) is 29.5 Å². The van der Waals surface area contributed by atoms with Gasteiger partial charge in [0.1, 0.15) is 42.0 Å². The Morgan fingerprint density at radius 2 is 1.58 bits per heavy atom. The number of nitrogens with zero attached hydrogens (tertiary/aromatic N) is 8. The van der Waals surface area contributed by atoms with E-state index >= 15 is 0 Å². The molecule has 0 radical (unpaired) electrons. The number of anilines is 2. The van der Waals surface area contributed by atoms with Crippen LogP contribution in [0, 0.1) is 0 Å². The van der Waals surface area contributed by atoms with Crippen molar-refractivity contribution < 1.29 is 47.1 Å². The Morgan fingerprint density at radius 3 is 2.35 bits per heavy atom. The average Bonchev–Trinajstić information content (AvgIpc) is 3.71. The van der Waals surface area contributed by atoms with E-state index < -0.39 is 64.0 Å². The van der Waals surface area contributed by atoms with E-state index in [1.165, 1.54) is 23.5 Å². The van der Waals surface area contributed by atoms with Gasteiger partial charge in [-0.15, -0.1) is 0 Å². The van der Waals surface area contributed by atoms with Crippen LogP contribution in [-0.2, 0) is 32.2 Å². The van der Waals surface area contributed by atoms with Gasteiger partial charge in [0.05, 0.1) is 31.5 Å². The number of phosphoric ester groups is 1. The largest absolute Gasteiger partial charge is 0.857 e. The van der Waals surface area contributed by atoms with Gasteiger partial charge in [-0.3, -0.25) is 18.2 Å². The number of phosphoric acid groups is 1. The van der Waals surface area contributed by atoms with E-state index in [1.807, 2.05) is 0 Å². The number of ether oxygens (including phenoxy) is 2. The lowest BCUT2D eigenvalue weighted by Gasteiger charge is -2.31. The van der Waals surface area contributed by atoms with Crippen LogP contribution < -0.4 is 21.5 Å². The molecule has 8 atom stereocenters. The van der Waals surface area contributed by atoms with Crippen LogP contribution >= 0.6 is 26.0 Å². The van der Waals surface area contributed by atoms with Gasteiger partial charge >= 0.3 is 6.80 Å². The lowest BCUT2D eigenvalue weighted by molar-refractivity contribution is -0.272. The molecule has 230 valence electrons. The Balaban J connectivity index is 1.13. The quantitative estimate of drug-likeness (QED) is 0.231. The fourth-order valence-corrected chi connectivity index (χ4v) is 8.91. The maximum atomic E-state index is 13.2. The van der Waals surface area contributed by atoms with Gasteiger partial charge in [-0.1, -0.05) is 0 Å². The second kappa shape index (κ2) is 10.6. The van der Waals surface area contributed by atoms with E-state index in [2.05, 4.69) is 29.9 Å². The first-order valence-corrected chi connectivity index (χ1v) is 17.3. The Hall–Kier alpha value is -2.97. The minimum atomic E-state index is -4.96. The van der Waals surface area contributed by atoms with Crippen LogP contribution in [0.25, 0.3) is 22.3 Å². The molecule has 43 heavy (non-hydrogen) atoms. The highest BCUT2D eigenvalue weighted by Gasteiger charge is 2.46. The van der Waals surface area contributed by atoms with E-state index in [1.54, 1.807) is 4.57 Å². The summed E-state index contributed by atoms with van der Waals surface area (Å²) in [4.78, 5) is 47.6. The van der Waals surface area contributed by atoms with Crippen molar-refractivity contribution in [2.75, 3.05) is 23.8 Å². The Labute approximate surface area is 244 Å². The van der Waals surface area contributed by atoms with Crippen molar-refractivity contribution in [2.24, 2.45) is 0 Å². The van der Waals surface area contributed by atoms with E-state index in [0.29, 0.717) is 22.5 Å². The third kappa shape index (κ3) is 5.46. The van der Waals surface area contributed by atoms with Crippen LogP contribution in [0.2, 0.25) is 0 Å². The molecule has 23 heteroatoms. The van der Waals surface area contributed by atoms with Crippen molar-refractivity contribution >= 4 is 60.1 Å². The van der Waals surface area contributed by atoms with E-state index in [0.717, 1.165) is 0 Å². The fraction of sp³-hybridized carbons (Fsp3) is 0.500. The van der Waals surface area contributed by atoms with Gasteiger partial charge in [0, 0.05) is 24.5 Å². The van der Waals surface area contributed by atoms with Gasteiger partial charge in [0.2, 0.25) is 5.95 Å². The van der Waals surface area contributed by atoms with Gasteiger partial charge in [0.25, 0.3) is 7.82 Å². The fourth-order valence-electron chi connectivity index (χ4n) is 5.19. The van der Waals surface area contributed by atoms with Gasteiger partial charge in [-0.2, -0.15) is 4.98 Å². The number of rotatable bonds is 2. The van der Waals surface area contributed by atoms with Crippen LogP contribution in [0.3, 0.4) is 0 Å². The molecular weight excluding hydrogens is 634 g/mol. The molecule has 3 aliphatic rings. The first kappa shape index (κ1) is 28.8. The van der Waals surface area contributed by atoms with Crippen LogP contribution in [-0.4, -0.2) is 80.7 Å². The summed E-state index contributed by atoms with van der Waals surface area (Å²) in [6, 6.07) is 0. The molecule has 0 aliphatic carbocycles. The van der Waals surface area contributed by atoms with Crippen molar-refractivity contribution in [3.05, 3.63) is 19.0 Å². The highest BCUT2D eigenvalue weighted by molar-refractivity contribution is 8.54. The third-order valence-electron chi connectivity index (χ3n) is 7.11. The molecule has 3 saturated heterocycles. The molecule has 0 spiro atoms. The summed E-state index contributed by atoms with van der Waals surface area (Å²) in [5, 5.41) is 12.1. The summed E-state index contributed by atoms with van der Waals surface area (Å²) in [5.74, 6) is -0.994. The zero-order chi connectivity index (χ0) is 30.1. The minimum absolute atomic E-state index is 0.0117. The van der Waals surface area contributed by atoms with Crippen molar-refractivity contribution in [2.45, 2.75) is 49.7 Å². The number of hydrogen-bond acceptors (Lipinski definition) is 18. The highest BCUT2D eigenvalue weighted by atomic mass is 32.7. The second-order valence-electron chi connectivity index (χ2n) is 9.82. The number of hydrogen-bond donors (Lipinski definition) is 3. The molecule has 2 unspecified atom stereocenters. The number of aromatic nitrogens is 8. The molecule has 7 rings (SSSR count). The van der Waals surface area contributed by atoms with E-state index in [-0.39, 0.29) is 41.5 Å². The summed E-state index contributed by atoms with van der Waals surface area (Å²) >= 11 is 0.557. The van der Waals surface area contributed by atoms with Crippen molar-refractivity contribution in [1.82, 2.24) is 39.0 Å². The van der Waals surface area contributed by atoms with E-state index in [9.17, 15) is 24.0 Å². The van der Waals surface area contributed by atoms with Crippen molar-refractivity contribution in [1.29, 1.82) is 0 Å². The van der Waals surface area contributed by atoms with Crippen LogP contribution in [0.15, 0.2) is 19.0 Å². The maximum absolute atomic E-state index is 13.2. The Kier molecular flexibility index (Phi) is 7.08.